The maximum Gasteiger partial charge on any atom is 1.00 e. The van der Waals surface area contributed by atoms with Gasteiger partial charge in [0.2, 0.25) is 0 Å². The van der Waals surface area contributed by atoms with Gasteiger partial charge < -0.3 is 24.8 Å². The molecular weight excluding hydrogens is 220 g/mol. The number of hydrogen-bond acceptors (Lipinski definition) is 0. The van der Waals surface area contributed by atoms with Crippen molar-refractivity contribution in [2.75, 3.05) is 0 Å². The van der Waals surface area contributed by atoms with Crippen LogP contribution in [0.1, 0.15) is 0 Å². The van der Waals surface area contributed by atoms with Crippen LogP contribution in [0.15, 0.2) is 0 Å². The number of halogens is 4. The predicted molar refractivity (Wildman–Crippen MR) is 14.5 cm³/mol. The maximum atomic E-state index is 0. The van der Waals surface area contributed by atoms with E-state index in [4.69, 9.17) is 0 Å². The Morgan fingerprint density at radius 1 is 0.500 bits per heavy atom. The largest absolute Gasteiger partial charge is 1.00 e. The topological polar surface area (TPSA) is 0 Å². The van der Waals surface area contributed by atoms with E-state index in [1.165, 1.54) is 0 Å². The molecule has 0 amide bonds. The Bertz CT molecular complexity index is 5.51. The third-order valence-electron chi connectivity index (χ3n) is 0. The number of rotatable bonds is 0. The molecule has 0 heterocycles. The van der Waals surface area contributed by atoms with Crippen LogP contribution in [0.25, 0.3) is 0 Å². The summed E-state index contributed by atoms with van der Waals surface area (Å²) in [5, 5.41) is 0. The second kappa shape index (κ2) is 34.1. The number of hydrogen-bond donors (Lipinski definition) is 0. The molecule has 0 saturated heterocycles. The summed E-state index contributed by atoms with van der Waals surface area (Å²) in [6.45, 7) is 0. The summed E-state index contributed by atoms with van der Waals surface area (Å²) in [6, 6.07) is 0. The van der Waals surface area contributed by atoms with Gasteiger partial charge in [-0.2, -0.15) is 0 Å². The van der Waals surface area contributed by atoms with E-state index in [0.29, 0.717) is 0 Å². The van der Waals surface area contributed by atoms with Gasteiger partial charge in [0.15, 0.2) is 0 Å². The fourth-order valence-electron chi connectivity index (χ4n) is 0. The van der Waals surface area contributed by atoms with Crippen molar-refractivity contribution < 1.29 is 128 Å². The Labute approximate surface area is 148 Å². The van der Waals surface area contributed by atoms with Gasteiger partial charge in [-0.1, -0.05) is 0 Å². The van der Waals surface area contributed by atoms with Crippen LogP contribution < -0.4 is 128 Å². The molecule has 0 aromatic rings. The molecule has 0 nitrogen and oxygen atoms in total. The van der Waals surface area contributed by atoms with Gasteiger partial charge in [0.25, 0.3) is 0 Å². The maximum absolute atomic E-state index is 0. The zero-order valence-electron chi connectivity index (χ0n) is 3.57. The van der Waals surface area contributed by atoms with E-state index < -0.39 is 0 Å². The monoisotopic (exact) mass is 220 g/mol. The molecule has 32 valence electrons. The van der Waals surface area contributed by atoms with Gasteiger partial charge in [-0.3, -0.25) is 0 Å². The van der Waals surface area contributed by atoms with Gasteiger partial charge >= 0.3 is 103 Å². The molecule has 0 unspecified atom stereocenters. The minimum Gasteiger partial charge on any atom is -1.00 e. The first kappa shape index (κ1) is 47.2. The van der Waals surface area contributed by atoms with Gasteiger partial charge in [-0.15, -0.1) is 24.8 Å². The summed E-state index contributed by atoms with van der Waals surface area (Å²) >= 11 is 0. The first-order valence-corrected chi connectivity index (χ1v) is 0. The first-order valence-electron chi connectivity index (χ1n) is 0. The summed E-state index contributed by atoms with van der Waals surface area (Å²) in [5.74, 6) is 0. The molecule has 0 atom stereocenters. The normalized spacial score (nSPS) is 0. The summed E-state index contributed by atoms with van der Waals surface area (Å²) < 4.78 is 0. The minimum atomic E-state index is 0. The zero-order valence-corrected chi connectivity index (χ0v) is 13.0. The van der Waals surface area contributed by atoms with Gasteiger partial charge in [0.05, 0.1) is 0 Å². The molecule has 0 aliphatic carbocycles. The standard InChI is InChI=1S/4ClH.2K/h4*1H;;/q;;;;2*+1/p-2. The molecule has 0 fully saturated rings. The molecule has 0 radical (unpaired) electrons. The van der Waals surface area contributed by atoms with Crippen LogP contribution in [0, 0.1) is 0 Å². The molecule has 6 heteroatoms. The molecule has 0 saturated carbocycles. The van der Waals surface area contributed by atoms with Crippen molar-refractivity contribution in [2.45, 2.75) is 0 Å². The minimum absolute atomic E-state index is 0. The molecule has 0 aliphatic rings. The Morgan fingerprint density at radius 2 is 0.500 bits per heavy atom. The third kappa shape index (κ3) is 23.7. The molecule has 6 heavy (non-hydrogen) atoms. The Hall–Kier alpha value is 4.43. The van der Waals surface area contributed by atoms with Crippen molar-refractivity contribution in [3.63, 3.8) is 0 Å². The predicted octanol–water partition coefficient (Wildman–Crippen LogP) is -11.1. The van der Waals surface area contributed by atoms with E-state index in [-0.39, 0.29) is 152 Å². The molecule has 0 rings (SSSR count). The molecule has 0 aliphatic heterocycles. The van der Waals surface area contributed by atoms with E-state index in [9.17, 15) is 0 Å². The molecule has 0 aromatic carbocycles. The van der Waals surface area contributed by atoms with Crippen LogP contribution in [0.3, 0.4) is 0 Å². The SMILES string of the molecule is Cl.Cl.[Cl-].[Cl-].[K+].[K+]. The molecule has 0 spiro atoms. The van der Waals surface area contributed by atoms with Crippen molar-refractivity contribution >= 4 is 24.8 Å². The van der Waals surface area contributed by atoms with Crippen molar-refractivity contribution in [3.05, 3.63) is 0 Å². The van der Waals surface area contributed by atoms with Crippen molar-refractivity contribution in [2.24, 2.45) is 0 Å². The van der Waals surface area contributed by atoms with Crippen LogP contribution >= 0.6 is 24.8 Å². The summed E-state index contributed by atoms with van der Waals surface area (Å²) in [6.07, 6.45) is 0. The molecule has 0 aromatic heterocycles. The zero-order chi connectivity index (χ0) is 0. The third-order valence-corrected chi connectivity index (χ3v) is 0. The van der Waals surface area contributed by atoms with Crippen molar-refractivity contribution in [3.8, 4) is 0 Å². The summed E-state index contributed by atoms with van der Waals surface area (Å²) in [4.78, 5) is 0. The van der Waals surface area contributed by atoms with E-state index in [2.05, 4.69) is 0 Å². The first-order chi connectivity index (χ1) is 0. The van der Waals surface area contributed by atoms with Gasteiger partial charge in [0, 0.05) is 0 Å². The Balaban J connectivity index is 0. The van der Waals surface area contributed by atoms with E-state index in [1.54, 1.807) is 0 Å². The average molecular weight is 222 g/mol. The van der Waals surface area contributed by atoms with Crippen molar-refractivity contribution in [1.82, 2.24) is 0 Å². The fourth-order valence-corrected chi connectivity index (χ4v) is 0. The Morgan fingerprint density at radius 3 is 0.500 bits per heavy atom. The van der Waals surface area contributed by atoms with Crippen LogP contribution in [0.4, 0.5) is 0 Å². The average Bonchev–Trinajstić information content (AvgIpc) is 0. The van der Waals surface area contributed by atoms with Crippen LogP contribution in [0.2, 0.25) is 0 Å². The van der Waals surface area contributed by atoms with Crippen LogP contribution in [0.5, 0.6) is 0 Å². The smallest absolute Gasteiger partial charge is 1.00 e. The fraction of sp³-hybridized carbons (Fsp3) is 0. The quantitative estimate of drug-likeness (QED) is 0.357. The summed E-state index contributed by atoms with van der Waals surface area (Å²) in [5.41, 5.74) is 0. The second-order valence-electron chi connectivity index (χ2n) is 0. The van der Waals surface area contributed by atoms with E-state index in [1.807, 2.05) is 0 Å². The Kier molecular flexibility index (Phi) is 269. The molecule has 0 N–H and O–H groups in total. The molecule has 0 bridgehead atoms. The van der Waals surface area contributed by atoms with Crippen molar-refractivity contribution in [1.29, 1.82) is 0 Å². The van der Waals surface area contributed by atoms with Crippen LogP contribution in [-0.4, -0.2) is 0 Å². The molecular formula is H2Cl4K2. The van der Waals surface area contributed by atoms with E-state index in [0.717, 1.165) is 0 Å². The van der Waals surface area contributed by atoms with Gasteiger partial charge in [0.1, 0.15) is 0 Å². The second-order valence-corrected chi connectivity index (χ2v) is 0. The van der Waals surface area contributed by atoms with Gasteiger partial charge in [-0.05, 0) is 0 Å². The summed E-state index contributed by atoms with van der Waals surface area (Å²) in [7, 11) is 0. The van der Waals surface area contributed by atoms with Gasteiger partial charge in [-0.25, -0.2) is 0 Å². The van der Waals surface area contributed by atoms with E-state index >= 15 is 0 Å². The van der Waals surface area contributed by atoms with Crippen LogP contribution in [-0.2, 0) is 0 Å².